The van der Waals surface area contributed by atoms with Gasteiger partial charge in [-0.2, -0.15) is 0 Å². The second-order valence-corrected chi connectivity index (χ2v) is 8.10. The maximum absolute atomic E-state index is 13.1. The number of hydrogen-bond donors (Lipinski definition) is 1. The number of thiazole rings is 1. The van der Waals surface area contributed by atoms with Crippen molar-refractivity contribution in [1.82, 2.24) is 9.88 Å². The first-order chi connectivity index (χ1) is 13.2. The van der Waals surface area contributed by atoms with E-state index in [1.165, 1.54) is 34.8 Å². The van der Waals surface area contributed by atoms with Crippen molar-refractivity contribution in [2.24, 2.45) is 0 Å². The number of nitrogens with one attached hydrogen (secondary N) is 1. The summed E-state index contributed by atoms with van der Waals surface area (Å²) in [6, 6.07) is 9.91. The number of carbonyl (C=O) groups excluding carboxylic acids is 1. The van der Waals surface area contributed by atoms with E-state index in [2.05, 4.69) is 15.2 Å². The van der Waals surface area contributed by atoms with E-state index in [9.17, 15) is 9.18 Å². The standard InChI is InChI=1S/C19H18FN3O2S2/c20-14-3-1-13(2-4-14)16-5-6-17(27-16)18(24)22-19-21-15(12-26-19)11-23-7-9-25-10-8-23/h1-6,12H,7-11H2,(H,21,22,24). The molecule has 0 radical (unpaired) electrons. The van der Waals surface area contributed by atoms with Crippen molar-refractivity contribution in [3.05, 3.63) is 58.2 Å². The molecule has 0 unspecified atom stereocenters. The first kappa shape index (κ1) is 18.2. The highest BCUT2D eigenvalue weighted by molar-refractivity contribution is 7.17. The van der Waals surface area contributed by atoms with Gasteiger partial charge in [0.15, 0.2) is 5.13 Å². The Kier molecular flexibility index (Phi) is 5.58. The Balaban J connectivity index is 1.38. The minimum Gasteiger partial charge on any atom is -0.379 e. The molecule has 4 rings (SSSR count). The largest absolute Gasteiger partial charge is 0.379 e. The van der Waals surface area contributed by atoms with Crippen LogP contribution >= 0.6 is 22.7 Å². The molecule has 5 nitrogen and oxygen atoms in total. The summed E-state index contributed by atoms with van der Waals surface area (Å²) >= 11 is 2.80. The van der Waals surface area contributed by atoms with Crippen LogP contribution in [0.5, 0.6) is 0 Å². The first-order valence-corrected chi connectivity index (χ1v) is 10.3. The van der Waals surface area contributed by atoms with Gasteiger partial charge in [-0.25, -0.2) is 9.37 Å². The molecule has 0 bridgehead atoms. The molecular weight excluding hydrogens is 385 g/mol. The summed E-state index contributed by atoms with van der Waals surface area (Å²) in [6.07, 6.45) is 0. The summed E-state index contributed by atoms with van der Waals surface area (Å²) in [5, 5.41) is 5.44. The van der Waals surface area contributed by atoms with Gasteiger partial charge in [0.2, 0.25) is 0 Å². The van der Waals surface area contributed by atoms with Crippen LogP contribution in [0.1, 0.15) is 15.4 Å². The average Bonchev–Trinajstić information content (AvgIpc) is 3.33. The molecule has 1 saturated heterocycles. The van der Waals surface area contributed by atoms with E-state index in [4.69, 9.17) is 4.74 Å². The van der Waals surface area contributed by atoms with Crippen LogP contribution in [0.25, 0.3) is 10.4 Å². The number of anilines is 1. The predicted molar refractivity (Wildman–Crippen MR) is 106 cm³/mol. The lowest BCUT2D eigenvalue weighted by Crippen LogP contribution is -2.35. The van der Waals surface area contributed by atoms with Crippen LogP contribution in [0.15, 0.2) is 41.8 Å². The number of rotatable bonds is 5. The van der Waals surface area contributed by atoms with Crippen molar-refractivity contribution in [1.29, 1.82) is 0 Å². The molecule has 3 heterocycles. The SMILES string of the molecule is O=C(Nc1nc(CN2CCOCC2)cs1)c1ccc(-c2ccc(F)cc2)s1. The summed E-state index contributed by atoms with van der Waals surface area (Å²) < 4.78 is 18.4. The number of aromatic nitrogens is 1. The molecule has 1 N–H and O–H groups in total. The number of carbonyl (C=O) groups is 1. The van der Waals surface area contributed by atoms with Crippen molar-refractivity contribution >= 4 is 33.7 Å². The molecule has 2 aromatic heterocycles. The molecule has 1 fully saturated rings. The number of morpholine rings is 1. The number of thiophene rings is 1. The predicted octanol–water partition coefficient (Wildman–Crippen LogP) is 4.10. The molecule has 0 atom stereocenters. The van der Waals surface area contributed by atoms with Gasteiger partial charge in [0.25, 0.3) is 5.91 Å². The van der Waals surface area contributed by atoms with Crippen molar-refractivity contribution in [2.75, 3.05) is 31.6 Å². The van der Waals surface area contributed by atoms with Gasteiger partial charge < -0.3 is 4.74 Å². The molecular formula is C19H18FN3O2S2. The van der Waals surface area contributed by atoms with E-state index < -0.39 is 0 Å². The number of ether oxygens (including phenoxy) is 1. The fraction of sp³-hybridized carbons (Fsp3) is 0.263. The van der Waals surface area contributed by atoms with Gasteiger partial charge in [-0.05, 0) is 29.8 Å². The number of hydrogen-bond acceptors (Lipinski definition) is 6. The van der Waals surface area contributed by atoms with Crippen LogP contribution < -0.4 is 5.32 Å². The Morgan fingerprint density at radius 1 is 1.19 bits per heavy atom. The van der Waals surface area contributed by atoms with E-state index in [1.807, 2.05) is 11.4 Å². The molecule has 1 amide bonds. The van der Waals surface area contributed by atoms with Gasteiger partial charge in [0, 0.05) is 29.9 Å². The summed E-state index contributed by atoms with van der Waals surface area (Å²) in [5.41, 5.74) is 1.85. The third-order valence-corrected chi connectivity index (χ3v) is 6.16. The van der Waals surface area contributed by atoms with Crippen molar-refractivity contribution in [3.63, 3.8) is 0 Å². The lowest BCUT2D eigenvalue weighted by Gasteiger charge is -2.25. The summed E-state index contributed by atoms with van der Waals surface area (Å²) in [7, 11) is 0. The Morgan fingerprint density at radius 3 is 2.74 bits per heavy atom. The van der Waals surface area contributed by atoms with Crippen LogP contribution in [0, 0.1) is 5.82 Å². The minimum absolute atomic E-state index is 0.180. The van der Waals surface area contributed by atoms with Crippen molar-refractivity contribution in [3.8, 4) is 10.4 Å². The van der Waals surface area contributed by atoms with E-state index in [1.54, 1.807) is 18.2 Å². The molecule has 3 aromatic rings. The zero-order valence-electron chi connectivity index (χ0n) is 14.5. The normalized spacial score (nSPS) is 15.0. The van der Waals surface area contributed by atoms with Gasteiger partial charge in [-0.3, -0.25) is 15.0 Å². The van der Waals surface area contributed by atoms with Gasteiger partial charge in [-0.15, -0.1) is 22.7 Å². The van der Waals surface area contributed by atoms with Crippen LogP contribution in [-0.2, 0) is 11.3 Å². The quantitative estimate of drug-likeness (QED) is 0.697. The fourth-order valence-electron chi connectivity index (χ4n) is 2.81. The molecule has 0 aliphatic carbocycles. The van der Waals surface area contributed by atoms with Gasteiger partial charge in [-0.1, -0.05) is 12.1 Å². The minimum atomic E-state index is -0.273. The maximum Gasteiger partial charge on any atom is 0.267 e. The van der Waals surface area contributed by atoms with Crippen LogP contribution in [-0.4, -0.2) is 42.1 Å². The molecule has 0 spiro atoms. The Labute approximate surface area is 164 Å². The van der Waals surface area contributed by atoms with E-state index in [0.29, 0.717) is 10.0 Å². The molecule has 8 heteroatoms. The van der Waals surface area contributed by atoms with Crippen LogP contribution in [0.3, 0.4) is 0 Å². The molecule has 140 valence electrons. The summed E-state index contributed by atoms with van der Waals surface area (Å²) in [5.74, 6) is -0.453. The van der Waals surface area contributed by atoms with Crippen LogP contribution in [0.2, 0.25) is 0 Å². The van der Waals surface area contributed by atoms with E-state index in [-0.39, 0.29) is 11.7 Å². The average molecular weight is 404 g/mol. The monoisotopic (exact) mass is 403 g/mol. The first-order valence-electron chi connectivity index (χ1n) is 8.59. The molecule has 1 aliphatic rings. The number of halogens is 1. The second kappa shape index (κ2) is 8.26. The highest BCUT2D eigenvalue weighted by Gasteiger charge is 2.15. The third-order valence-electron chi connectivity index (χ3n) is 4.22. The number of amides is 1. The molecule has 0 saturated carbocycles. The van der Waals surface area contributed by atoms with Gasteiger partial charge in [0.05, 0.1) is 23.8 Å². The van der Waals surface area contributed by atoms with Crippen LogP contribution in [0.4, 0.5) is 9.52 Å². The van der Waals surface area contributed by atoms with E-state index in [0.717, 1.165) is 49.0 Å². The molecule has 27 heavy (non-hydrogen) atoms. The Morgan fingerprint density at radius 2 is 1.96 bits per heavy atom. The highest BCUT2D eigenvalue weighted by Crippen LogP contribution is 2.29. The zero-order chi connectivity index (χ0) is 18.6. The van der Waals surface area contributed by atoms with Crippen molar-refractivity contribution in [2.45, 2.75) is 6.54 Å². The molecule has 1 aromatic carbocycles. The Bertz CT molecular complexity index is 917. The fourth-order valence-corrected chi connectivity index (χ4v) is 4.42. The molecule has 1 aliphatic heterocycles. The zero-order valence-corrected chi connectivity index (χ0v) is 16.1. The highest BCUT2D eigenvalue weighted by atomic mass is 32.1. The number of nitrogens with zero attached hydrogens (tertiary/aromatic N) is 2. The van der Waals surface area contributed by atoms with Gasteiger partial charge >= 0.3 is 0 Å². The Hall–Kier alpha value is -2.13. The lowest BCUT2D eigenvalue weighted by atomic mass is 10.2. The third kappa shape index (κ3) is 4.59. The summed E-state index contributed by atoms with van der Waals surface area (Å²) in [6.45, 7) is 4.08. The maximum atomic E-state index is 13.1. The van der Waals surface area contributed by atoms with Gasteiger partial charge in [0.1, 0.15) is 5.82 Å². The van der Waals surface area contributed by atoms with E-state index >= 15 is 0 Å². The smallest absolute Gasteiger partial charge is 0.267 e. The lowest BCUT2D eigenvalue weighted by molar-refractivity contribution is 0.0337. The topological polar surface area (TPSA) is 54.5 Å². The second-order valence-electron chi connectivity index (χ2n) is 6.16. The van der Waals surface area contributed by atoms with Crippen molar-refractivity contribution < 1.29 is 13.9 Å². The summed E-state index contributed by atoms with van der Waals surface area (Å²) in [4.78, 5) is 20.8. The number of benzene rings is 1.